The van der Waals surface area contributed by atoms with Crippen LogP contribution in [0.4, 0.5) is 0 Å². The molecule has 3 heteroatoms. The number of nitrogens with zero attached hydrogens (tertiary/aromatic N) is 1. The summed E-state index contributed by atoms with van der Waals surface area (Å²) in [5.74, 6) is 0.644. The Morgan fingerprint density at radius 2 is 2.06 bits per heavy atom. The standard InChI is InChI=1S/C14H23ClN2/c1-11(2)9-17(7-6-16)10-13-5-4-12(3)8-14(13)15/h4-5,8,11H,6-7,9-10,16H2,1-3H3. The lowest BCUT2D eigenvalue weighted by Gasteiger charge is -2.24. The fourth-order valence-corrected chi connectivity index (χ4v) is 2.25. The molecule has 1 aromatic rings. The molecular formula is C14H23ClN2. The number of benzene rings is 1. The second kappa shape index (κ2) is 7.00. The van der Waals surface area contributed by atoms with E-state index in [9.17, 15) is 0 Å². The van der Waals surface area contributed by atoms with Crippen LogP contribution in [0, 0.1) is 12.8 Å². The second-order valence-corrected chi connectivity index (χ2v) is 5.42. The zero-order chi connectivity index (χ0) is 12.8. The highest BCUT2D eigenvalue weighted by Gasteiger charge is 2.09. The van der Waals surface area contributed by atoms with Crippen molar-refractivity contribution in [1.29, 1.82) is 0 Å². The third-order valence-electron chi connectivity index (χ3n) is 2.67. The average Bonchev–Trinajstić information content (AvgIpc) is 2.21. The number of rotatable bonds is 6. The van der Waals surface area contributed by atoms with Gasteiger partial charge in [-0.25, -0.2) is 0 Å². The quantitative estimate of drug-likeness (QED) is 0.846. The van der Waals surface area contributed by atoms with E-state index in [4.69, 9.17) is 17.3 Å². The minimum absolute atomic E-state index is 0.644. The third-order valence-corrected chi connectivity index (χ3v) is 3.02. The van der Waals surface area contributed by atoms with Crippen molar-refractivity contribution in [3.8, 4) is 0 Å². The van der Waals surface area contributed by atoms with E-state index in [-0.39, 0.29) is 0 Å². The monoisotopic (exact) mass is 254 g/mol. The molecule has 0 aromatic heterocycles. The van der Waals surface area contributed by atoms with E-state index in [1.54, 1.807) is 0 Å². The first kappa shape index (κ1) is 14.5. The Morgan fingerprint density at radius 1 is 1.35 bits per heavy atom. The maximum atomic E-state index is 6.25. The molecule has 0 saturated heterocycles. The van der Waals surface area contributed by atoms with Crippen molar-refractivity contribution in [3.63, 3.8) is 0 Å². The molecule has 0 atom stereocenters. The van der Waals surface area contributed by atoms with Gasteiger partial charge in [-0.15, -0.1) is 0 Å². The molecule has 0 aliphatic carbocycles. The molecule has 17 heavy (non-hydrogen) atoms. The summed E-state index contributed by atoms with van der Waals surface area (Å²) in [7, 11) is 0. The largest absolute Gasteiger partial charge is 0.329 e. The van der Waals surface area contributed by atoms with Crippen LogP contribution in [0.5, 0.6) is 0 Å². The van der Waals surface area contributed by atoms with Gasteiger partial charge in [-0.2, -0.15) is 0 Å². The van der Waals surface area contributed by atoms with Gasteiger partial charge in [0, 0.05) is 31.2 Å². The topological polar surface area (TPSA) is 29.3 Å². The Bertz CT molecular complexity index is 350. The summed E-state index contributed by atoms with van der Waals surface area (Å²) in [5.41, 5.74) is 8.03. The van der Waals surface area contributed by atoms with Crippen molar-refractivity contribution >= 4 is 11.6 Å². The SMILES string of the molecule is Cc1ccc(CN(CCN)CC(C)C)c(Cl)c1. The van der Waals surface area contributed by atoms with Gasteiger partial charge in [0.25, 0.3) is 0 Å². The molecule has 0 aliphatic heterocycles. The Labute approximate surface area is 110 Å². The minimum Gasteiger partial charge on any atom is -0.329 e. The Morgan fingerprint density at radius 3 is 2.59 bits per heavy atom. The van der Waals surface area contributed by atoms with Crippen LogP contribution in [0.15, 0.2) is 18.2 Å². The van der Waals surface area contributed by atoms with E-state index in [0.29, 0.717) is 12.5 Å². The van der Waals surface area contributed by atoms with Crippen LogP contribution >= 0.6 is 11.6 Å². The fraction of sp³-hybridized carbons (Fsp3) is 0.571. The molecule has 0 saturated carbocycles. The average molecular weight is 255 g/mol. The van der Waals surface area contributed by atoms with Gasteiger partial charge in [-0.1, -0.05) is 37.6 Å². The summed E-state index contributed by atoms with van der Waals surface area (Å²) in [6, 6.07) is 6.24. The van der Waals surface area contributed by atoms with E-state index in [1.165, 1.54) is 11.1 Å². The lowest BCUT2D eigenvalue weighted by molar-refractivity contribution is 0.242. The van der Waals surface area contributed by atoms with Crippen molar-refractivity contribution in [3.05, 3.63) is 34.3 Å². The first-order chi connectivity index (χ1) is 8.02. The highest BCUT2D eigenvalue weighted by atomic mass is 35.5. The molecule has 0 aliphatic rings. The van der Waals surface area contributed by atoms with Crippen molar-refractivity contribution in [2.45, 2.75) is 27.3 Å². The summed E-state index contributed by atoms with van der Waals surface area (Å²) in [5, 5.41) is 0.857. The van der Waals surface area contributed by atoms with Crippen LogP contribution < -0.4 is 5.73 Å². The van der Waals surface area contributed by atoms with Gasteiger partial charge in [-0.05, 0) is 30.0 Å². The first-order valence-corrected chi connectivity index (χ1v) is 6.58. The zero-order valence-electron chi connectivity index (χ0n) is 11.0. The molecule has 1 aromatic carbocycles. The van der Waals surface area contributed by atoms with Gasteiger partial charge in [0.2, 0.25) is 0 Å². The molecular weight excluding hydrogens is 232 g/mol. The van der Waals surface area contributed by atoms with Gasteiger partial charge < -0.3 is 5.73 Å². The Hall–Kier alpha value is -0.570. The third kappa shape index (κ3) is 5.07. The van der Waals surface area contributed by atoms with E-state index in [2.05, 4.69) is 37.8 Å². The lowest BCUT2D eigenvalue weighted by Crippen LogP contribution is -2.32. The van der Waals surface area contributed by atoms with Crippen molar-refractivity contribution in [2.75, 3.05) is 19.6 Å². The maximum Gasteiger partial charge on any atom is 0.0453 e. The molecule has 96 valence electrons. The molecule has 0 radical (unpaired) electrons. The van der Waals surface area contributed by atoms with Crippen molar-refractivity contribution < 1.29 is 0 Å². The number of hydrogen-bond donors (Lipinski definition) is 1. The van der Waals surface area contributed by atoms with Crippen LogP contribution in [0.3, 0.4) is 0 Å². The van der Waals surface area contributed by atoms with Crippen molar-refractivity contribution in [1.82, 2.24) is 4.90 Å². The molecule has 0 spiro atoms. The van der Waals surface area contributed by atoms with E-state index >= 15 is 0 Å². The van der Waals surface area contributed by atoms with Crippen LogP contribution in [0.1, 0.15) is 25.0 Å². The number of halogens is 1. The van der Waals surface area contributed by atoms with E-state index in [0.717, 1.165) is 24.7 Å². The van der Waals surface area contributed by atoms with Gasteiger partial charge in [0.05, 0.1) is 0 Å². The molecule has 1 rings (SSSR count). The summed E-state index contributed by atoms with van der Waals surface area (Å²) >= 11 is 6.25. The molecule has 2 nitrogen and oxygen atoms in total. The molecule has 0 fully saturated rings. The highest BCUT2D eigenvalue weighted by molar-refractivity contribution is 6.31. The maximum absolute atomic E-state index is 6.25. The predicted octanol–water partition coefficient (Wildman–Crippen LogP) is 3.07. The lowest BCUT2D eigenvalue weighted by atomic mass is 10.1. The first-order valence-electron chi connectivity index (χ1n) is 6.20. The number of aryl methyl sites for hydroxylation is 1. The molecule has 0 bridgehead atoms. The second-order valence-electron chi connectivity index (χ2n) is 5.01. The predicted molar refractivity (Wildman–Crippen MR) is 75.4 cm³/mol. The summed E-state index contributed by atoms with van der Waals surface area (Å²) in [6.07, 6.45) is 0. The number of hydrogen-bond acceptors (Lipinski definition) is 2. The van der Waals surface area contributed by atoms with Gasteiger partial charge in [-0.3, -0.25) is 4.90 Å². The summed E-state index contributed by atoms with van der Waals surface area (Å²) in [6.45, 7) is 10.1. The van der Waals surface area contributed by atoms with Crippen LogP contribution in [0.25, 0.3) is 0 Å². The molecule has 2 N–H and O–H groups in total. The van der Waals surface area contributed by atoms with E-state index in [1.807, 2.05) is 6.07 Å². The van der Waals surface area contributed by atoms with Gasteiger partial charge in [0.15, 0.2) is 0 Å². The van der Waals surface area contributed by atoms with E-state index < -0.39 is 0 Å². The Balaban J connectivity index is 2.71. The fourth-order valence-electron chi connectivity index (χ4n) is 1.96. The van der Waals surface area contributed by atoms with Gasteiger partial charge >= 0.3 is 0 Å². The minimum atomic E-state index is 0.644. The smallest absolute Gasteiger partial charge is 0.0453 e. The highest BCUT2D eigenvalue weighted by Crippen LogP contribution is 2.19. The van der Waals surface area contributed by atoms with Crippen LogP contribution in [-0.2, 0) is 6.54 Å². The number of nitrogens with two attached hydrogens (primary N) is 1. The van der Waals surface area contributed by atoms with Crippen LogP contribution in [0.2, 0.25) is 5.02 Å². The molecule has 0 unspecified atom stereocenters. The Kier molecular flexibility index (Phi) is 5.96. The summed E-state index contributed by atoms with van der Waals surface area (Å²) in [4.78, 5) is 2.36. The molecule has 0 amide bonds. The normalized spacial score (nSPS) is 11.5. The van der Waals surface area contributed by atoms with Crippen molar-refractivity contribution in [2.24, 2.45) is 11.7 Å². The van der Waals surface area contributed by atoms with Crippen LogP contribution in [-0.4, -0.2) is 24.5 Å². The molecule has 0 heterocycles. The van der Waals surface area contributed by atoms with Gasteiger partial charge in [0.1, 0.15) is 0 Å². The zero-order valence-corrected chi connectivity index (χ0v) is 11.8. The summed E-state index contributed by atoms with van der Waals surface area (Å²) < 4.78 is 0.